The number of aromatic nitrogens is 2. The van der Waals surface area contributed by atoms with Crippen molar-refractivity contribution in [1.82, 2.24) is 15.5 Å². The predicted molar refractivity (Wildman–Crippen MR) is 94.9 cm³/mol. The molecule has 0 radical (unpaired) electrons. The Labute approximate surface area is 147 Å². The molecular formula is C17H15N5O4. The van der Waals surface area contributed by atoms with Crippen molar-refractivity contribution in [2.45, 2.75) is 6.92 Å². The molecule has 1 aromatic heterocycles. The summed E-state index contributed by atoms with van der Waals surface area (Å²) in [6.45, 7) is 1.55. The summed E-state index contributed by atoms with van der Waals surface area (Å²) in [7, 11) is 0. The number of carbonyl (C=O) groups excluding carboxylic acids is 2. The highest BCUT2D eigenvalue weighted by atomic mass is 16.6. The molecule has 3 aromatic rings. The minimum atomic E-state index is -0.527. The van der Waals surface area contributed by atoms with E-state index in [1.807, 2.05) is 6.07 Å². The largest absolute Gasteiger partial charge is 0.343 e. The van der Waals surface area contributed by atoms with Crippen LogP contribution in [0, 0.1) is 17.0 Å². The van der Waals surface area contributed by atoms with Gasteiger partial charge in [0.1, 0.15) is 0 Å². The molecule has 1 heterocycles. The van der Waals surface area contributed by atoms with Crippen molar-refractivity contribution in [2.75, 3.05) is 11.9 Å². The molecule has 0 bridgehead atoms. The Bertz CT molecular complexity index is 1010. The van der Waals surface area contributed by atoms with E-state index in [4.69, 9.17) is 0 Å². The van der Waals surface area contributed by atoms with Gasteiger partial charge in [0.25, 0.3) is 11.6 Å². The molecule has 3 rings (SSSR count). The summed E-state index contributed by atoms with van der Waals surface area (Å²) in [5.74, 6) is -0.688. The van der Waals surface area contributed by atoms with Gasteiger partial charge in [0.15, 0.2) is 5.82 Å². The van der Waals surface area contributed by atoms with E-state index < -0.39 is 10.8 Å². The molecule has 0 unspecified atom stereocenters. The van der Waals surface area contributed by atoms with Gasteiger partial charge in [0.2, 0.25) is 5.91 Å². The summed E-state index contributed by atoms with van der Waals surface area (Å²) in [6.07, 6.45) is 0. The maximum atomic E-state index is 12.1. The van der Waals surface area contributed by atoms with E-state index in [0.717, 1.165) is 5.56 Å². The molecular weight excluding hydrogens is 338 g/mol. The zero-order valence-electron chi connectivity index (χ0n) is 13.8. The van der Waals surface area contributed by atoms with Crippen molar-refractivity contribution < 1.29 is 14.5 Å². The Balaban J connectivity index is 1.68. The van der Waals surface area contributed by atoms with Gasteiger partial charge in [0, 0.05) is 17.7 Å². The first kappa shape index (κ1) is 17.1. The number of nitro groups is 1. The molecule has 0 saturated carbocycles. The minimum Gasteiger partial charge on any atom is -0.343 e. The highest BCUT2D eigenvalue weighted by molar-refractivity contribution is 6.03. The molecule has 9 heteroatoms. The number of anilines is 1. The molecule has 0 aliphatic carbocycles. The number of nitrogens with one attached hydrogen (secondary N) is 3. The number of carbonyl (C=O) groups is 2. The van der Waals surface area contributed by atoms with Gasteiger partial charge in [-0.2, -0.15) is 5.10 Å². The normalized spacial score (nSPS) is 10.5. The number of rotatable bonds is 5. The highest BCUT2D eigenvalue weighted by Gasteiger charge is 2.15. The average Bonchev–Trinajstić information content (AvgIpc) is 3.02. The van der Waals surface area contributed by atoms with Crippen molar-refractivity contribution >= 4 is 34.2 Å². The molecule has 0 aliphatic heterocycles. The lowest BCUT2D eigenvalue weighted by molar-refractivity contribution is -0.384. The molecule has 9 nitrogen and oxygen atoms in total. The number of aryl methyl sites for hydroxylation is 1. The number of non-ortho nitro benzene ring substituents is 1. The smallest absolute Gasteiger partial charge is 0.270 e. The number of nitrogens with zero attached hydrogens (tertiary/aromatic N) is 2. The Kier molecular flexibility index (Phi) is 4.61. The maximum Gasteiger partial charge on any atom is 0.270 e. The van der Waals surface area contributed by atoms with Crippen molar-refractivity contribution in [3.05, 3.63) is 63.7 Å². The summed E-state index contributed by atoms with van der Waals surface area (Å²) in [6, 6.07) is 11.2. The van der Waals surface area contributed by atoms with E-state index in [2.05, 4.69) is 20.8 Å². The van der Waals surface area contributed by atoms with E-state index in [-0.39, 0.29) is 24.0 Å². The van der Waals surface area contributed by atoms with Gasteiger partial charge < -0.3 is 10.6 Å². The van der Waals surface area contributed by atoms with Crippen LogP contribution in [-0.4, -0.2) is 33.5 Å². The van der Waals surface area contributed by atoms with Crippen LogP contribution in [0.3, 0.4) is 0 Å². The maximum absolute atomic E-state index is 12.1. The second kappa shape index (κ2) is 7.01. The zero-order valence-corrected chi connectivity index (χ0v) is 13.8. The molecule has 132 valence electrons. The van der Waals surface area contributed by atoms with Gasteiger partial charge in [-0.25, -0.2) is 0 Å². The van der Waals surface area contributed by atoms with E-state index >= 15 is 0 Å². The number of aromatic amines is 1. The van der Waals surface area contributed by atoms with Gasteiger partial charge >= 0.3 is 0 Å². The van der Waals surface area contributed by atoms with Crippen molar-refractivity contribution in [3.8, 4) is 0 Å². The van der Waals surface area contributed by atoms with Crippen LogP contribution >= 0.6 is 0 Å². The molecule has 0 aliphatic rings. The molecule has 26 heavy (non-hydrogen) atoms. The average molecular weight is 353 g/mol. The predicted octanol–water partition coefficient (Wildman–Crippen LogP) is 2.15. The molecule has 0 spiro atoms. The topological polar surface area (TPSA) is 130 Å². The number of fused-ring (bicyclic) bond motifs is 1. The van der Waals surface area contributed by atoms with Crippen molar-refractivity contribution in [2.24, 2.45) is 0 Å². The number of hydrogen-bond acceptors (Lipinski definition) is 5. The number of benzene rings is 2. The monoisotopic (exact) mass is 353 g/mol. The number of H-pyrrole nitrogens is 1. The number of nitro benzene ring substituents is 1. The molecule has 3 N–H and O–H groups in total. The lowest BCUT2D eigenvalue weighted by atomic mass is 10.1. The Morgan fingerprint density at radius 1 is 1.23 bits per heavy atom. The molecule has 2 amide bonds. The van der Waals surface area contributed by atoms with Gasteiger partial charge in [-0.1, -0.05) is 18.2 Å². The second-order valence-electron chi connectivity index (χ2n) is 5.60. The molecule has 0 fully saturated rings. The van der Waals surface area contributed by atoms with Crippen LogP contribution in [0.25, 0.3) is 10.9 Å². The van der Waals surface area contributed by atoms with Crippen LogP contribution in [0.15, 0.2) is 42.5 Å². The summed E-state index contributed by atoms with van der Waals surface area (Å²) in [4.78, 5) is 34.5. The second-order valence-corrected chi connectivity index (χ2v) is 5.60. The third-order valence-electron chi connectivity index (χ3n) is 3.81. The lowest BCUT2D eigenvalue weighted by Gasteiger charge is -2.07. The van der Waals surface area contributed by atoms with Crippen molar-refractivity contribution in [3.63, 3.8) is 0 Å². The van der Waals surface area contributed by atoms with Crippen LogP contribution in [-0.2, 0) is 4.79 Å². The van der Waals surface area contributed by atoms with Gasteiger partial charge in [-0.05, 0) is 24.6 Å². The van der Waals surface area contributed by atoms with E-state index in [1.165, 1.54) is 18.2 Å². The standard InChI is InChI=1S/C17H15N5O4/c1-10-4-2-3-5-12(10)17(24)18-9-15(23)19-16-13-8-11(22(25)26)6-7-14(13)20-21-16/h2-8H,9H2,1H3,(H,18,24)(H2,19,20,21,23). The van der Waals surface area contributed by atoms with Crippen molar-refractivity contribution in [1.29, 1.82) is 0 Å². The molecule has 2 aromatic carbocycles. The molecule has 0 atom stereocenters. The van der Waals surface area contributed by atoms with Crippen LogP contribution in [0.1, 0.15) is 15.9 Å². The fraction of sp³-hybridized carbons (Fsp3) is 0.118. The summed E-state index contributed by atoms with van der Waals surface area (Å²) < 4.78 is 0. The van der Waals surface area contributed by atoms with Gasteiger partial charge in [0.05, 0.1) is 22.4 Å². The summed E-state index contributed by atoms with van der Waals surface area (Å²) >= 11 is 0. The third kappa shape index (κ3) is 3.51. The summed E-state index contributed by atoms with van der Waals surface area (Å²) in [5, 5.41) is 23.0. The van der Waals surface area contributed by atoms with Crippen LogP contribution < -0.4 is 10.6 Å². The van der Waals surface area contributed by atoms with Crippen LogP contribution in [0.2, 0.25) is 0 Å². The first-order valence-corrected chi connectivity index (χ1v) is 7.72. The highest BCUT2D eigenvalue weighted by Crippen LogP contribution is 2.25. The Morgan fingerprint density at radius 2 is 2.00 bits per heavy atom. The lowest BCUT2D eigenvalue weighted by Crippen LogP contribution is -2.33. The van der Waals surface area contributed by atoms with Gasteiger partial charge in [-0.3, -0.25) is 24.8 Å². The summed E-state index contributed by atoms with van der Waals surface area (Å²) in [5.41, 5.74) is 1.73. The quantitative estimate of drug-likeness (QED) is 0.478. The SMILES string of the molecule is Cc1ccccc1C(=O)NCC(=O)Nc1n[nH]c2ccc([N+](=O)[O-])cc12. The van der Waals surface area contributed by atoms with Crippen LogP contribution in [0.4, 0.5) is 11.5 Å². The Morgan fingerprint density at radius 3 is 2.73 bits per heavy atom. The van der Waals surface area contributed by atoms with Crippen LogP contribution in [0.5, 0.6) is 0 Å². The first-order chi connectivity index (χ1) is 12.5. The van der Waals surface area contributed by atoms with E-state index in [9.17, 15) is 19.7 Å². The first-order valence-electron chi connectivity index (χ1n) is 7.72. The molecule has 0 saturated heterocycles. The fourth-order valence-corrected chi connectivity index (χ4v) is 2.47. The zero-order chi connectivity index (χ0) is 18.7. The number of hydrogen-bond donors (Lipinski definition) is 3. The third-order valence-corrected chi connectivity index (χ3v) is 3.81. The fourth-order valence-electron chi connectivity index (χ4n) is 2.47. The van der Waals surface area contributed by atoms with Gasteiger partial charge in [-0.15, -0.1) is 0 Å². The van der Waals surface area contributed by atoms with E-state index in [1.54, 1.807) is 25.1 Å². The Hall–Kier alpha value is -3.75. The number of amides is 2. The van der Waals surface area contributed by atoms with E-state index in [0.29, 0.717) is 16.5 Å². The minimum absolute atomic E-state index is 0.109.